The third-order valence-electron chi connectivity index (χ3n) is 3.86. The number of nitrogen functional groups attached to an aromatic ring is 1. The van der Waals surface area contributed by atoms with Gasteiger partial charge in [0, 0.05) is 0 Å². The fourth-order valence-electron chi connectivity index (χ4n) is 2.50. The summed E-state index contributed by atoms with van der Waals surface area (Å²) in [6.45, 7) is 7.54. The van der Waals surface area contributed by atoms with E-state index in [9.17, 15) is 23.7 Å². The molecule has 2 heterocycles. The molecule has 0 radical (unpaired) electrons. The van der Waals surface area contributed by atoms with Gasteiger partial charge in [-0.1, -0.05) is 0 Å². The number of nitrogens with zero attached hydrogens (tertiary/aromatic N) is 4. The quantitative estimate of drug-likeness (QED) is 0.281. The number of esters is 2. The zero-order valence-electron chi connectivity index (χ0n) is 19.7. The number of rotatable bonds is 9. The van der Waals surface area contributed by atoms with Gasteiger partial charge in [0.15, 0.2) is 17.8 Å². The minimum absolute atomic E-state index is 0.111. The molecule has 0 saturated carbocycles. The first-order chi connectivity index (χ1) is 16.3. The molecule has 0 saturated heterocycles. The van der Waals surface area contributed by atoms with Gasteiger partial charge in [-0.05, 0) is 34.6 Å². The molecule has 0 fully saturated rings. The van der Waals surface area contributed by atoms with Crippen LogP contribution in [0.5, 0.6) is 0 Å². The van der Waals surface area contributed by atoms with Crippen molar-refractivity contribution in [2.24, 2.45) is 0 Å². The van der Waals surface area contributed by atoms with Crippen molar-refractivity contribution in [3.63, 3.8) is 0 Å². The summed E-state index contributed by atoms with van der Waals surface area (Å²) in [4.78, 5) is 59.6. The van der Waals surface area contributed by atoms with Crippen LogP contribution < -0.4 is 5.73 Å². The van der Waals surface area contributed by atoms with Crippen LogP contribution in [0.3, 0.4) is 0 Å². The number of nitrogens with two attached hydrogens (primary N) is 1. The zero-order chi connectivity index (χ0) is 26.3. The van der Waals surface area contributed by atoms with Gasteiger partial charge in [-0.15, -0.1) is 0 Å². The highest BCUT2D eigenvalue weighted by Crippen LogP contribution is 2.49. The number of fused-ring (bicyclic) bond motifs is 1. The third kappa shape index (κ3) is 8.00. The van der Waals surface area contributed by atoms with Crippen LogP contribution in [0.1, 0.15) is 34.6 Å². The molecule has 0 aliphatic carbocycles. The van der Waals surface area contributed by atoms with Gasteiger partial charge >= 0.3 is 31.5 Å². The average molecular weight is 515 g/mol. The molecule has 1 atom stereocenters. The summed E-state index contributed by atoms with van der Waals surface area (Å²) in [6.07, 6.45) is -0.395. The Morgan fingerprint density at radius 3 is 1.97 bits per heavy atom. The number of carbonyl (C=O) groups is 4. The van der Waals surface area contributed by atoms with Crippen molar-refractivity contribution in [3.05, 3.63) is 12.7 Å². The van der Waals surface area contributed by atoms with Crippen molar-refractivity contribution in [2.75, 3.05) is 12.1 Å². The van der Waals surface area contributed by atoms with E-state index in [0.717, 1.165) is 0 Å². The Morgan fingerprint density at radius 2 is 1.46 bits per heavy atom. The number of anilines is 1. The van der Waals surface area contributed by atoms with Crippen LogP contribution in [-0.4, -0.2) is 68.1 Å². The normalized spacial score (nSPS) is 12.4. The lowest BCUT2D eigenvalue weighted by atomic mass is 10.4. The van der Waals surface area contributed by atoms with Crippen LogP contribution >= 0.6 is 7.60 Å². The van der Waals surface area contributed by atoms with Gasteiger partial charge in [0.2, 0.25) is 0 Å². The molecule has 2 rings (SSSR count). The minimum Gasteiger partial charge on any atom is -0.455 e. The van der Waals surface area contributed by atoms with Gasteiger partial charge in [0.05, 0.1) is 31.2 Å². The lowest BCUT2D eigenvalue weighted by Crippen LogP contribution is -2.27. The van der Waals surface area contributed by atoms with E-state index in [0.29, 0.717) is 11.2 Å². The number of hydrogen-bond acceptors (Lipinski definition) is 14. The van der Waals surface area contributed by atoms with Crippen LogP contribution in [0, 0.1) is 0 Å². The topological polar surface area (TPSA) is 201 Å². The summed E-state index contributed by atoms with van der Waals surface area (Å²) in [6, 6.07) is 0. The van der Waals surface area contributed by atoms with E-state index in [4.69, 9.17) is 10.5 Å². The Balaban J connectivity index is 2.13. The second-order valence-corrected chi connectivity index (χ2v) is 9.56. The fraction of sp³-hybridized carbons (Fsp3) is 0.526. The van der Waals surface area contributed by atoms with Crippen molar-refractivity contribution in [1.82, 2.24) is 19.5 Å². The van der Waals surface area contributed by atoms with Gasteiger partial charge in [-0.25, -0.2) is 38.7 Å². The summed E-state index contributed by atoms with van der Waals surface area (Å²) in [5, 5.41) is 0. The molecule has 192 valence electrons. The summed E-state index contributed by atoms with van der Waals surface area (Å²) >= 11 is 0. The molecule has 0 amide bonds. The molecular formula is C19H26N5O10P. The largest absolute Gasteiger partial charge is 0.461 e. The monoisotopic (exact) mass is 515 g/mol. The maximum atomic E-state index is 13.1. The molecule has 16 heteroatoms. The zero-order valence-corrected chi connectivity index (χ0v) is 20.6. The Labute approximate surface area is 199 Å². The second kappa shape index (κ2) is 11.7. The van der Waals surface area contributed by atoms with E-state index in [1.54, 1.807) is 11.5 Å². The van der Waals surface area contributed by atoms with Crippen molar-refractivity contribution in [3.8, 4) is 0 Å². The van der Waals surface area contributed by atoms with Crippen LogP contribution in [0.15, 0.2) is 12.7 Å². The van der Waals surface area contributed by atoms with Gasteiger partial charge in [-0.2, -0.15) is 0 Å². The minimum atomic E-state index is -4.82. The predicted octanol–water partition coefficient (Wildman–Crippen LogP) is 0.954. The SMILES string of the molecule is CC(C)OC(=O)C(=O)OP(=O)(CO[C@H](C)Cn1cnc2c(N)ncnc21)OC(=O)C(=O)OC(C)C. The first kappa shape index (κ1) is 27.7. The number of ether oxygens (including phenoxy) is 3. The number of aromatic nitrogens is 4. The van der Waals surface area contributed by atoms with Gasteiger partial charge in [0.25, 0.3) is 0 Å². The average Bonchev–Trinajstić information content (AvgIpc) is 3.15. The fourth-order valence-corrected chi connectivity index (χ4v) is 3.74. The van der Waals surface area contributed by atoms with Crippen LogP contribution in [0.25, 0.3) is 11.2 Å². The molecule has 0 aliphatic rings. The van der Waals surface area contributed by atoms with Gasteiger partial charge in [-0.3, -0.25) is 0 Å². The second-order valence-electron chi connectivity index (χ2n) is 7.71. The maximum absolute atomic E-state index is 13.1. The Hall–Kier alpha value is -3.58. The lowest BCUT2D eigenvalue weighted by molar-refractivity contribution is -0.168. The maximum Gasteiger partial charge on any atom is 0.461 e. The van der Waals surface area contributed by atoms with Gasteiger partial charge in [0.1, 0.15) is 11.8 Å². The molecule has 0 unspecified atom stereocenters. The Bertz CT molecular complexity index is 1110. The van der Waals surface area contributed by atoms with Crippen molar-refractivity contribution in [1.29, 1.82) is 0 Å². The highest BCUT2D eigenvalue weighted by atomic mass is 31.2. The van der Waals surface area contributed by atoms with Crippen molar-refractivity contribution < 1.29 is 47.0 Å². The Kier molecular flexibility index (Phi) is 9.25. The van der Waals surface area contributed by atoms with E-state index < -0.39 is 56.1 Å². The molecule has 0 aromatic carbocycles. The number of carbonyl (C=O) groups excluding carboxylic acids is 4. The first-order valence-corrected chi connectivity index (χ1v) is 12.0. The lowest BCUT2D eigenvalue weighted by Gasteiger charge is -2.20. The molecule has 2 aromatic rings. The van der Waals surface area contributed by atoms with Crippen LogP contribution in [0.4, 0.5) is 5.82 Å². The molecule has 0 spiro atoms. The summed E-state index contributed by atoms with van der Waals surface area (Å²) < 4.78 is 38.7. The molecule has 35 heavy (non-hydrogen) atoms. The highest BCUT2D eigenvalue weighted by Gasteiger charge is 2.39. The van der Waals surface area contributed by atoms with E-state index in [1.165, 1.54) is 40.3 Å². The molecule has 0 bridgehead atoms. The molecule has 0 aliphatic heterocycles. The van der Waals surface area contributed by atoms with Crippen molar-refractivity contribution >= 4 is 48.5 Å². The van der Waals surface area contributed by atoms with Gasteiger partial charge < -0.3 is 33.6 Å². The van der Waals surface area contributed by atoms with Crippen molar-refractivity contribution in [2.45, 2.75) is 59.5 Å². The summed E-state index contributed by atoms with van der Waals surface area (Å²) in [5.41, 5.74) is 6.52. The summed E-state index contributed by atoms with van der Waals surface area (Å²) in [5.74, 6) is -6.17. The van der Waals surface area contributed by atoms with E-state index >= 15 is 0 Å². The predicted molar refractivity (Wildman–Crippen MR) is 117 cm³/mol. The van der Waals surface area contributed by atoms with E-state index in [-0.39, 0.29) is 12.4 Å². The molecule has 15 nitrogen and oxygen atoms in total. The number of hydrogen-bond donors (Lipinski definition) is 1. The molecule has 2 aromatic heterocycles. The molecular weight excluding hydrogens is 489 g/mol. The van der Waals surface area contributed by atoms with E-state index in [2.05, 4.69) is 33.5 Å². The van der Waals surface area contributed by atoms with Crippen LogP contribution in [0.2, 0.25) is 0 Å². The number of imidazole rings is 1. The third-order valence-corrected chi connectivity index (χ3v) is 5.22. The smallest absolute Gasteiger partial charge is 0.455 e. The van der Waals surface area contributed by atoms with Crippen LogP contribution in [-0.2, 0) is 53.5 Å². The highest BCUT2D eigenvalue weighted by molar-refractivity contribution is 7.55. The summed E-state index contributed by atoms with van der Waals surface area (Å²) in [7, 11) is -4.82. The standard InChI is InChI=1S/C19H26N5O10P/c1-10(2)31-16(25)18(27)33-35(29,34-19(28)17(26)32-11(3)4)9-30-12(5)6-24-8-23-13-14(20)21-7-22-15(13)24/h7-8,10-12H,6,9H2,1-5H3,(H2,20,21,22)/t12-/m1/s1. The Morgan fingerprint density at radius 1 is 0.914 bits per heavy atom. The van der Waals surface area contributed by atoms with E-state index in [1.807, 2.05) is 0 Å². The molecule has 2 N–H and O–H groups in total. The first-order valence-electron chi connectivity index (χ1n) is 10.3.